The van der Waals surface area contributed by atoms with E-state index in [0.29, 0.717) is 0 Å². The first-order valence-corrected chi connectivity index (χ1v) is 16.7. The van der Waals surface area contributed by atoms with Gasteiger partial charge in [0.25, 0.3) is 0 Å². The van der Waals surface area contributed by atoms with Gasteiger partial charge in [0.05, 0.1) is 50.7 Å². The Balaban J connectivity index is 0.00000504. The maximum atomic E-state index is 11.7. The molecule has 23 nitrogen and oxygen atoms in total. The molecule has 16 N–H and O–H groups in total. The van der Waals surface area contributed by atoms with Gasteiger partial charge in [0, 0.05) is 46.7 Å². The van der Waals surface area contributed by atoms with E-state index in [4.69, 9.17) is 60.8 Å². The van der Waals surface area contributed by atoms with Crippen molar-refractivity contribution in [3.8, 4) is 0 Å². The van der Waals surface area contributed by atoms with Gasteiger partial charge in [-0.3, -0.25) is 4.79 Å². The summed E-state index contributed by atoms with van der Waals surface area (Å²) in [6, 6.07) is -5.46. The molecule has 4 aliphatic heterocycles. The van der Waals surface area contributed by atoms with E-state index in [0.717, 1.165) is 0 Å². The van der Waals surface area contributed by atoms with Crippen molar-refractivity contribution in [1.29, 1.82) is 0 Å². The van der Waals surface area contributed by atoms with Crippen LogP contribution in [0.25, 0.3) is 5.73 Å². The van der Waals surface area contributed by atoms with E-state index in [1.54, 1.807) is 6.92 Å². The molecule has 0 saturated carbocycles. The van der Waals surface area contributed by atoms with Crippen LogP contribution in [0.3, 0.4) is 0 Å². The molecular weight excluding hydrogens is 805 g/mol. The number of aliphatic hydroxyl groups excluding tert-OH is 8. The number of nitrogens with zero attached hydrogens (tertiary/aromatic N) is 1. The molecule has 1 amide bonds. The Hall–Kier alpha value is -0.876. The van der Waals surface area contributed by atoms with Crippen molar-refractivity contribution in [3.63, 3.8) is 0 Å². The van der Waals surface area contributed by atoms with Crippen LogP contribution in [0, 0.1) is 0 Å². The Morgan fingerprint density at radius 1 is 0.741 bits per heavy atom. The van der Waals surface area contributed by atoms with Crippen LogP contribution in [0.1, 0.15) is 21.3 Å². The molecule has 0 bridgehead atoms. The van der Waals surface area contributed by atoms with Crippen LogP contribution < -0.4 is 22.5 Å². The summed E-state index contributed by atoms with van der Waals surface area (Å²) in [5.41, 5.74) is 26.1. The third kappa shape index (κ3) is 10.8. The van der Waals surface area contributed by atoms with Crippen LogP contribution in [-0.4, -0.2) is 209 Å². The summed E-state index contributed by atoms with van der Waals surface area (Å²) in [5.74, 6) is -1.02. The number of ether oxygens (including phenoxy) is 8. The standard InChI is InChI=1S/C29H53N6O17.CH4.Y/c1-8-16(34-9(2)40)20(43)24(11(5-37)46-8)50-27-15(31)19(42)23(12(6-38)48-27)52-28-17(35-29(32)33)21(44)25(13(7-39)49-28)51-26-14(30)18(41)22(45-3)10(4-36)47-26;;/h8,10-28,31,36-39,41-44H,4-7,30H2,1-3H3,(H,34,40)(H4,32,33,35);1H4;/q-1;;. The maximum Gasteiger partial charge on any atom is 0.217 e. The molecule has 4 rings (SSSR count). The second-order valence-electron chi connectivity index (χ2n) is 13.1. The smallest absolute Gasteiger partial charge is 0.217 e. The van der Waals surface area contributed by atoms with Gasteiger partial charge in [-0.25, -0.2) is 4.99 Å². The van der Waals surface area contributed by atoms with Gasteiger partial charge in [-0.05, 0) is 6.92 Å². The summed E-state index contributed by atoms with van der Waals surface area (Å²) in [6.45, 7) is -0.0215. The topological polar surface area (TPSA) is 379 Å². The first-order chi connectivity index (χ1) is 24.6. The van der Waals surface area contributed by atoms with Crippen molar-refractivity contribution < 1.29 is 116 Å². The predicted molar refractivity (Wildman–Crippen MR) is 178 cm³/mol. The summed E-state index contributed by atoms with van der Waals surface area (Å²) in [4.78, 5) is 15.7. The molecule has 4 saturated heterocycles. The van der Waals surface area contributed by atoms with E-state index in [-0.39, 0.29) is 40.1 Å². The van der Waals surface area contributed by atoms with E-state index < -0.39 is 161 Å². The number of nitrogens with two attached hydrogens (primary N) is 3. The fraction of sp³-hybridized carbons (Fsp3) is 0.933. The van der Waals surface area contributed by atoms with Gasteiger partial charge in [-0.15, -0.1) is 0 Å². The zero-order valence-corrected chi connectivity index (χ0v) is 32.2. The minimum atomic E-state index is -1.81. The van der Waals surface area contributed by atoms with Crippen molar-refractivity contribution in [2.45, 2.75) is 144 Å². The monoisotopic (exact) mass is 862 g/mol. The van der Waals surface area contributed by atoms with Crippen molar-refractivity contribution in [1.82, 2.24) is 5.32 Å². The Bertz CT molecular complexity index is 1180. The molecule has 0 aromatic heterocycles. The molecule has 4 heterocycles. The quantitative estimate of drug-likeness (QED) is 0.0605. The van der Waals surface area contributed by atoms with E-state index in [1.807, 2.05) is 0 Å². The number of hydrogen-bond acceptors (Lipinski definition) is 19. The van der Waals surface area contributed by atoms with E-state index in [2.05, 4.69) is 10.3 Å². The Morgan fingerprint density at radius 3 is 1.70 bits per heavy atom. The fourth-order valence-electron chi connectivity index (χ4n) is 6.85. The first-order valence-electron chi connectivity index (χ1n) is 16.7. The van der Waals surface area contributed by atoms with Crippen LogP contribution in [0.4, 0.5) is 0 Å². The molecule has 1 radical (unpaired) electrons. The average Bonchev–Trinajstić information content (AvgIpc) is 3.10. The molecule has 4 fully saturated rings. The molecular formula is C30H57N6O17Y-. The second kappa shape index (κ2) is 21.8. The number of amides is 1. The maximum absolute atomic E-state index is 11.7. The predicted octanol–water partition coefficient (Wildman–Crippen LogP) is -6.94. The van der Waals surface area contributed by atoms with Crippen molar-refractivity contribution in [2.75, 3.05) is 33.5 Å². The van der Waals surface area contributed by atoms with E-state index >= 15 is 0 Å². The van der Waals surface area contributed by atoms with Gasteiger partial charge < -0.3 is 107 Å². The van der Waals surface area contributed by atoms with Gasteiger partial charge in [0.2, 0.25) is 5.91 Å². The Morgan fingerprint density at radius 2 is 1.19 bits per heavy atom. The van der Waals surface area contributed by atoms with Crippen LogP contribution in [0.15, 0.2) is 4.99 Å². The Labute approximate surface area is 337 Å². The van der Waals surface area contributed by atoms with Crippen molar-refractivity contribution >= 4 is 11.9 Å². The number of guanidine groups is 1. The fourth-order valence-corrected chi connectivity index (χ4v) is 6.85. The molecule has 0 aliphatic carbocycles. The molecule has 24 heteroatoms. The SMILES string of the molecule is C.COC1C(CO)OC(OC2C(CO)OC(OC3C(CO)OC(OC4C(CO)OC(C)C(NC(C)=O)C4O)C([NH-])C3O)C(N=C(N)N)C2O)C(N)C1O.[Y]. The zero-order chi connectivity index (χ0) is 38.6. The van der Waals surface area contributed by atoms with Crippen LogP contribution in [0.5, 0.6) is 0 Å². The molecule has 20 atom stereocenters. The number of nitrogens with one attached hydrogen (secondary N) is 2. The summed E-state index contributed by atoms with van der Waals surface area (Å²) in [7, 11) is 1.29. The minimum absolute atomic E-state index is 0. The molecule has 0 aromatic rings. The molecule has 0 spiro atoms. The average molecular weight is 863 g/mol. The number of hydrogen-bond donors (Lipinski definition) is 12. The van der Waals surface area contributed by atoms with E-state index in [9.17, 15) is 45.6 Å². The molecule has 313 valence electrons. The van der Waals surface area contributed by atoms with Crippen molar-refractivity contribution in [2.24, 2.45) is 22.2 Å². The number of rotatable bonds is 13. The zero-order valence-electron chi connectivity index (χ0n) is 29.4. The summed E-state index contributed by atoms with van der Waals surface area (Å²) in [5, 5.41) is 87.3. The van der Waals surface area contributed by atoms with Gasteiger partial charge in [0.15, 0.2) is 18.5 Å². The third-order valence-corrected chi connectivity index (χ3v) is 9.53. The van der Waals surface area contributed by atoms with Crippen LogP contribution >= 0.6 is 0 Å². The number of aliphatic hydroxyl groups is 8. The molecule has 0 aromatic carbocycles. The summed E-state index contributed by atoms with van der Waals surface area (Å²) in [6.07, 6.45) is -22.4. The minimum Gasteiger partial charge on any atom is -0.668 e. The van der Waals surface area contributed by atoms with Gasteiger partial charge in [0.1, 0.15) is 79.5 Å². The van der Waals surface area contributed by atoms with Crippen molar-refractivity contribution in [3.05, 3.63) is 5.73 Å². The number of carbonyl (C=O) groups is 1. The third-order valence-electron chi connectivity index (χ3n) is 9.53. The van der Waals surface area contributed by atoms with Gasteiger partial charge in [-0.1, -0.05) is 13.5 Å². The number of carbonyl (C=O) groups excluding carboxylic acids is 1. The van der Waals surface area contributed by atoms with Crippen LogP contribution in [0.2, 0.25) is 0 Å². The Kier molecular flexibility index (Phi) is 19.9. The summed E-state index contributed by atoms with van der Waals surface area (Å²) >= 11 is 0. The largest absolute Gasteiger partial charge is 0.668 e. The second-order valence-corrected chi connectivity index (χ2v) is 13.1. The molecule has 20 unspecified atom stereocenters. The van der Waals surface area contributed by atoms with Crippen LogP contribution in [-0.2, 0) is 75.4 Å². The molecule has 4 aliphatic rings. The first kappa shape index (κ1) is 49.3. The normalized spacial score (nSPS) is 45.4. The number of methoxy groups -OCH3 is 1. The molecule has 54 heavy (non-hydrogen) atoms. The number of aliphatic imine (C=N–C) groups is 1. The van der Waals surface area contributed by atoms with Gasteiger partial charge >= 0.3 is 0 Å². The van der Waals surface area contributed by atoms with E-state index in [1.165, 1.54) is 14.0 Å². The summed E-state index contributed by atoms with van der Waals surface area (Å²) < 4.78 is 46.0. The van der Waals surface area contributed by atoms with Gasteiger partial charge in [-0.2, -0.15) is 0 Å².